The summed E-state index contributed by atoms with van der Waals surface area (Å²) in [4.78, 5) is 10.9. The molecule has 1 heteroatoms. The van der Waals surface area contributed by atoms with Crippen LogP contribution >= 0.6 is 0 Å². The van der Waals surface area contributed by atoms with Crippen LogP contribution < -0.4 is 0 Å². The van der Waals surface area contributed by atoms with Crippen molar-refractivity contribution in [1.82, 2.24) is 0 Å². The first-order valence-corrected chi connectivity index (χ1v) is 4.33. The predicted octanol–water partition coefficient (Wildman–Crippen LogP) is 2.83. The van der Waals surface area contributed by atoms with E-state index in [0.29, 0.717) is 6.42 Å². The van der Waals surface area contributed by atoms with Crippen molar-refractivity contribution in [3.8, 4) is 0 Å². The van der Waals surface area contributed by atoms with E-state index < -0.39 is 0 Å². The molecule has 0 heterocycles. The van der Waals surface area contributed by atoms with Gasteiger partial charge in [0.1, 0.15) is 0 Å². The summed E-state index contributed by atoms with van der Waals surface area (Å²) in [5.74, 6) is 0.104. The van der Waals surface area contributed by atoms with Crippen molar-refractivity contribution in [2.45, 2.75) is 13.3 Å². The van der Waals surface area contributed by atoms with Gasteiger partial charge in [-0.25, -0.2) is 0 Å². The Balaban J connectivity index is 2.69. The molecule has 0 atom stereocenters. The molecule has 1 nitrogen and oxygen atoms in total. The van der Waals surface area contributed by atoms with Crippen LogP contribution in [0.3, 0.4) is 0 Å². The fraction of sp³-hybridized carbons (Fsp3) is 0.167. The number of carbonyl (C=O) groups excluding carboxylic acids is 1. The molecule has 0 fully saturated rings. The number of carbonyl (C=O) groups is 1. The molecule has 0 radical (unpaired) electrons. The van der Waals surface area contributed by atoms with Crippen molar-refractivity contribution in [2.75, 3.05) is 0 Å². The first-order chi connectivity index (χ1) is 6.33. The summed E-state index contributed by atoms with van der Waals surface area (Å²) in [6.07, 6.45) is 3.82. The summed E-state index contributed by atoms with van der Waals surface area (Å²) in [6.45, 7) is 1.84. The van der Waals surface area contributed by atoms with Crippen molar-refractivity contribution in [3.05, 3.63) is 47.7 Å². The molecule has 0 aliphatic carbocycles. The topological polar surface area (TPSA) is 17.1 Å². The quantitative estimate of drug-likeness (QED) is 0.506. The van der Waals surface area contributed by atoms with E-state index in [-0.39, 0.29) is 5.78 Å². The van der Waals surface area contributed by atoms with Crippen molar-refractivity contribution >= 4 is 11.9 Å². The fourth-order valence-electron chi connectivity index (χ4n) is 0.882. The monoisotopic (exact) mass is 172 g/mol. The Labute approximate surface area is 78.4 Å². The van der Waals surface area contributed by atoms with Gasteiger partial charge >= 0.3 is 0 Å². The van der Waals surface area contributed by atoms with E-state index in [0.717, 1.165) is 5.56 Å². The second-order valence-corrected chi connectivity index (χ2v) is 2.69. The van der Waals surface area contributed by atoms with Crippen LogP contribution in [0.5, 0.6) is 0 Å². The number of hydrogen-bond donors (Lipinski definition) is 0. The Hall–Kier alpha value is -1.59. The molecular weight excluding hydrogens is 160 g/mol. The second kappa shape index (κ2) is 5.13. The minimum Gasteiger partial charge on any atom is -0.294 e. The maximum Gasteiger partial charge on any atom is 0.163 e. The number of benzene rings is 1. The highest BCUT2D eigenvalue weighted by Crippen LogP contribution is 1.99. The summed E-state index contributed by atoms with van der Waals surface area (Å²) in [5.41, 5.74) is 3.91. The van der Waals surface area contributed by atoms with Crippen LogP contribution in [0.1, 0.15) is 18.9 Å². The zero-order valence-corrected chi connectivity index (χ0v) is 7.66. The highest BCUT2D eigenvalue weighted by molar-refractivity contribution is 5.89. The van der Waals surface area contributed by atoms with E-state index >= 15 is 0 Å². The maximum atomic E-state index is 10.9. The summed E-state index contributed by atoms with van der Waals surface area (Å²) in [7, 11) is 0. The lowest BCUT2D eigenvalue weighted by atomic mass is 10.2. The van der Waals surface area contributed by atoms with Crippen LogP contribution in [-0.4, -0.2) is 5.78 Å². The molecule has 0 aromatic heterocycles. The smallest absolute Gasteiger partial charge is 0.163 e. The minimum absolute atomic E-state index is 0.104. The predicted molar refractivity (Wildman–Crippen MR) is 54.3 cm³/mol. The van der Waals surface area contributed by atoms with E-state index in [2.05, 4.69) is 5.73 Å². The van der Waals surface area contributed by atoms with Crippen LogP contribution in [0, 0.1) is 0 Å². The van der Waals surface area contributed by atoms with E-state index in [4.69, 9.17) is 0 Å². The number of ketones is 1. The van der Waals surface area contributed by atoms with Crippen molar-refractivity contribution in [2.24, 2.45) is 0 Å². The molecule has 0 saturated carbocycles. The Morgan fingerprint density at radius 1 is 1.38 bits per heavy atom. The molecule has 1 rings (SSSR count). The van der Waals surface area contributed by atoms with Gasteiger partial charge in [-0.05, 0) is 11.6 Å². The zero-order valence-electron chi connectivity index (χ0n) is 7.66. The molecular formula is C12H12O. The van der Waals surface area contributed by atoms with Crippen molar-refractivity contribution in [1.29, 1.82) is 0 Å². The van der Waals surface area contributed by atoms with Crippen molar-refractivity contribution in [3.63, 3.8) is 0 Å². The van der Waals surface area contributed by atoms with Gasteiger partial charge in [-0.1, -0.05) is 37.3 Å². The molecule has 1 aromatic rings. The Kier molecular flexibility index (Phi) is 3.74. The Morgan fingerprint density at radius 3 is 2.69 bits per heavy atom. The Morgan fingerprint density at radius 2 is 2.08 bits per heavy atom. The summed E-state index contributed by atoms with van der Waals surface area (Å²) >= 11 is 0. The number of allylic oxidation sites excluding steroid dienone is 1. The van der Waals surface area contributed by atoms with Crippen molar-refractivity contribution < 1.29 is 4.79 Å². The van der Waals surface area contributed by atoms with Crippen LogP contribution in [0.15, 0.2) is 42.1 Å². The van der Waals surface area contributed by atoms with Crippen LogP contribution in [0.4, 0.5) is 0 Å². The summed E-state index contributed by atoms with van der Waals surface area (Å²) in [5, 5.41) is 0. The fourth-order valence-corrected chi connectivity index (χ4v) is 0.882. The van der Waals surface area contributed by atoms with E-state index in [1.165, 1.54) is 6.08 Å². The van der Waals surface area contributed by atoms with Gasteiger partial charge in [0.15, 0.2) is 5.78 Å². The third kappa shape index (κ3) is 3.55. The van der Waals surface area contributed by atoms with Crippen LogP contribution in [-0.2, 0) is 4.79 Å². The van der Waals surface area contributed by atoms with Gasteiger partial charge in [0.2, 0.25) is 0 Å². The van der Waals surface area contributed by atoms with E-state index in [1.807, 2.05) is 37.3 Å². The molecule has 0 amide bonds. The second-order valence-electron chi connectivity index (χ2n) is 2.69. The largest absolute Gasteiger partial charge is 0.294 e. The zero-order chi connectivity index (χ0) is 9.52. The average molecular weight is 172 g/mol. The first-order valence-electron chi connectivity index (χ1n) is 4.33. The normalized spacial score (nSPS) is 8.69. The first kappa shape index (κ1) is 9.50. The lowest BCUT2D eigenvalue weighted by Gasteiger charge is -1.86. The highest BCUT2D eigenvalue weighted by atomic mass is 16.1. The third-order valence-electron chi connectivity index (χ3n) is 1.64. The SMILES string of the molecule is CCC(=O)C=C=Cc1ccccc1. The van der Waals surface area contributed by atoms with Gasteiger partial charge in [0.25, 0.3) is 0 Å². The molecule has 1 aromatic carbocycles. The minimum atomic E-state index is 0.104. The highest BCUT2D eigenvalue weighted by Gasteiger charge is 1.86. The number of rotatable bonds is 3. The van der Waals surface area contributed by atoms with Crippen LogP contribution in [0.2, 0.25) is 0 Å². The van der Waals surface area contributed by atoms with Crippen LogP contribution in [0.25, 0.3) is 6.08 Å². The molecule has 0 aliphatic heterocycles. The van der Waals surface area contributed by atoms with E-state index in [1.54, 1.807) is 6.08 Å². The summed E-state index contributed by atoms with van der Waals surface area (Å²) < 4.78 is 0. The molecule has 0 saturated heterocycles. The molecule has 0 aliphatic rings. The van der Waals surface area contributed by atoms with Gasteiger partial charge in [0.05, 0.1) is 0 Å². The molecule has 0 spiro atoms. The maximum absolute atomic E-state index is 10.9. The average Bonchev–Trinajstić information content (AvgIpc) is 2.19. The lowest BCUT2D eigenvalue weighted by molar-refractivity contribution is -0.114. The number of hydrogen-bond acceptors (Lipinski definition) is 1. The third-order valence-corrected chi connectivity index (χ3v) is 1.64. The summed E-state index contributed by atoms with van der Waals surface area (Å²) in [6, 6.07) is 9.80. The molecule has 66 valence electrons. The lowest BCUT2D eigenvalue weighted by Crippen LogP contribution is -1.84. The molecule has 0 N–H and O–H groups in total. The van der Waals surface area contributed by atoms with Gasteiger partial charge in [-0.3, -0.25) is 4.79 Å². The molecule has 13 heavy (non-hydrogen) atoms. The van der Waals surface area contributed by atoms with Gasteiger partial charge in [-0.2, -0.15) is 0 Å². The van der Waals surface area contributed by atoms with Gasteiger partial charge in [-0.15, -0.1) is 5.73 Å². The van der Waals surface area contributed by atoms with Gasteiger partial charge < -0.3 is 0 Å². The molecule has 0 bridgehead atoms. The standard InChI is InChI=1S/C12H12O/c1-2-12(13)10-6-9-11-7-4-3-5-8-11/h3-5,7-10H,2H2,1H3. The van der Waals surface area contributed by atoms with E-state index in [9.17, 15) is 4.79 Å². The Bertz CT molecular complexity index is 329. The molecule has 0 unspecified atom stereocenters. The van der Waals surface area contributed by atoms with Gasteiger partial charge in [0, 0.05) is 12.5 Å².